The van der Waals surface area contributed by atoms with Gasteiger partial charge in [0.2, 0.25) is 5.91 Å². The molecule has 1 rings (SSSR count). The molecule has 0 aromatic heterocycles. The molecule has 0 spiro atoms. The number of amides is 2. The number of hydrogen-bond donors (Lipinski definition) is 2. The molecule has 0 aliphatic heterocycles. The lowest BCUT2D eigenvalue weighted by Crippen LogP contribution is -2.47. The lowest BCUT2D eigenvalue weighted by atomic mass is 10.1. The van der Waals surface area contributed by atoms with Crippen LogP contribution in [0.5, 0.6) is 5.75 Å². The minimum absolute atomic E-state index is 0.198. The zero-order valence-corrected chi connectivity index (χ0v) is 20.0. The second kappa shape index (κ2) is 14.5. The normalized spacial score (nSPS) is 12.0. The third-order valence-corrected chi connectivity index (χ3v) is 5.12. The van der Waals surface area contributed by atoms with Gasteiger partial charge in [0.15, 0.2) is 5.75 Å². The van der Waals surface area contributed by atoms with Crippen LogP contribution in [-0.4, -0.2) is 56.5 Å². The summed E-state index contributed by atoms with van der Waals surface area (Å²) in [6, 6.07) is 2.44. The van der Waals surface area contributed by atoms with Crippen molar-refractivity contribution in [3.05, 3.63) is 27.7 Å². The largest absolute Gasteiger partial charge is 0.490 e. The number of unbranched alkanes of at least 4 members (excludes halogenated alkanes) is 3. The van der Waals surface area contributed by atoms with Crippen LogP contribution in [0.4, 0.5) is 0 Å². The maximum absolute atomic E-state index is 12.7. The summed E-state index contributed by atoms with van der Waals surface area (Å²) in [5.41, 5.74) is 0.297. The quantitative estimate of drug-likeness (QED) is 0.401. The van der Waals surface area contributed by atoms with Crippen molar-refractivity contribution in [2.45, 2.75) is 58.4 Å². The van der Waals surface area contributed by atoms with E-state index in [0.29, 0.717) is 30.9 Å². The summed E-state index contributed by atoms with van der Waals surface area (Å²) < 4.78 is 5.71. The molecule has 8 heteroatoms. The Hall–Kier alpha value is -1.50. The van der Waals surface area contributed by atoms with E-state index in [1.807, 2.05) is 25.9 Å². The summed E-state index contributed by atoms with van der Waals surface area (Å²) in [6.45, 7) is 5.88. The van der Waals surface area contributed by atoms with Crippen LogP contribution >= 0.6 is 23.2 Å². The number of benzene rings is 1. The van der Waals surface area contributed by atoms with Crippen molar-refractivity contribution < 1.29 is 14.3 Å². The van der Waals surface area contributed by atoms with Crippen molar-refractivity contribution in [2.75, 3.05) is 33.8 Å². The van der Waals surface area contributed by atoms with Crippen molar-refractivity contribution in [3.8, 4) is 5.75 Å². The highest BCUT2D eigenvalue weighted by atomic mass is 35.5. The Bertz CT molecular complexity index is 661. The Morgan fingerprint density at radius 1 is 1.07 bits per heavy atom. The molecule has 1 aromatic rings. The number of halogens is 2. The SMILES string of the molecule is CCCCCCOc1c(Cl)cc(C(=O)N[C@@H](CCC)C(=O)NCCN(C)C)cc1Cl. The zero-order valence-electron chi connectivity index (χ0n) is 18.5. The van der Waals surface area contributed by atoms with Gasteiger partial charge in [0.1, 0.15) is 6.04 Å². The summed E-state index contributed by atoms with van der Waals surface area (Å²) in [4.78, 5) is 27.1. The molecule has 30 heavy (non-hydrogen) atoms. The van der Waals surface area contributed by atoms with E-state index in [1.165, 1.54) is 12.1 Å². The van der Waals surface area contributed by atoms with Crippen molar-refractivity contribution in [2.24, 2.45) is 0 Å². The van der Waals surface area contributed by atoms with E-state index < -0.39 is 11.9 Å². The Balaban J connectivity index is 2.74. The molecule has 2 amide bonds. The van der Waals surface area contributed by atoms with Gasteiger partial charge in [0.05, 0.1) is 16.7 Å². The Morgan fingerprint density at radius 3 is 2.30 bits per heavy atom. The standard InChI is InChI=1S/C22H35Cl2N3O3/c1-5-7-8-9-13-30-20-17(23)14-16(15-18(20)24)21(28)26-19(10-6-2)22(29)25-11-12-27(3)4/h14-15,19H,5-13H2,1-4H3,(H,25,29)(H,26,28)/t19-/m0/s1. The van der Waals surface area contributed by atoms with Crippen LogP contribution in [0, 0.1) is 0 Å². The zero-order chi connectivity index (χ0) is 22.5. The maximum atomic E-state index is 12.7. The Labute approximate surface area is 190 Å². The average Bonchev–Trinajstić information content (AvgIpc) is 2.68. The van der Waals surface area contributed by atoms with Gasteiger partial charge >= 0.3 is 0 Å². The molecule has 0 aliphatic carbocycles. The first-order valence-corrected chi connectivity index (χ1v) is 11.4. The van der Waals surface area contributed by atoms with Gasteiger partial charge in [-0.15, -0.1) is 0 Å². The van der Waals surface area contributed by atoms with Gasteiger partial charge in [0, 0.05) is 18.7 Å². The number of ether oxygens (including phenoxy) is 1. The third-order valence-electron chi connectivity index (χ3n) is 4.56. The number of nitrogens with one attached hydrogen (secondary N) is 2. The van der Waals surface area contributed by atoms with Gasteiger partial charge in [-0.25, -0.2) is 0 Å². The average molecular weight is 460 g/mol. The number of carbonyl (C=O) groups excluding carboxylic acids is 2. The molecular formula is C22H35Cl2N3O3. The number of likely N-dealkylation sites (N-methyl/N-ethyl adjacent to an activating group) is 1. The highest BCUT2D eigenvalue weighted by Gasteiger charge is 2.22. The molecule has 0 aliphatic rings. The fourth-order valence-corrected chi connectivity index (χ4v) is 3.45. The Morgan fingerprint density at radius 2 is 1.73 bits per heavy atom. The lowest BCUT2D eigenvalue weighted by Gasteiger charge is -2.19. The smallest absolute Gasteiger partial charge is 0.252 e. The summed E-state index contributed by atoms with van der Waals surface area (Å²) in [6.07, 6.45) is 5.62. The van der Waals surface area contributed by atoms with E-state index in [2.05, 4.69) is 17.6 Å². The maximum Gasteiger partial charge on any atom is 0.252 e. The second-order valence-corrected chi connectivity index (χ2v) is 8.40. The van der Waals surface area contributed by atoms with E-state index in [-0.39, 0.29) is 16.0 Å². The molecule has 1 atom stereocenters. The van der Waals surface area contributed by atoms with Gasteiger partial charge in [-0.1, -0.05) is 62.7 Å². The van der Waals surface area contributed by atoms with Gasteiger partial charge in [-0.2, -0.15) is 0 Å². The van der Waals surface area contributed by atoms with Crippen LogP contribution in [-0.2, 0) is 4.79 Å². The molecule has 0 fully saturated rings. The molecule has 1 aromatic carbocycles. The molecule has 2 N–H and O–H groups in total. The molecule has 6 nitrogen and oxygen atoms in total. The van der Waals surface area contributed by atoms with E-state index >= 15 is 0 Å². The van der Waals surface area contributed by atoms with Crippen LogP contribution in [0.25, 0.3) is 0 Å². The predicted molar refractivity (Wildman–Crippen MR) is 124 cm³/mol. The van der Waals surface area contributed by atoms with Crippen LogP contribution in [0.15, 0.2) is 12.1 Å². The monoisotopic (exact) mass is 459 g/mol. The van der Waals surface area contributed by atoms with Crippen LogP contribution in [0.2, 0.25) is 10.0 Å². The fourth-order valence-electron chi connectivity index (χ4n) is 2.86. The predicted octanol–water partition coefficient (Wildman–Crippen LogP) is 4.53. The van der Waals surface area contributed by atoms with E-state index in [1.54, 1.807) is 0 Å². The highest BCUT2D eigenvalue weighted by molar-refractivity contribution is 6.37. The summed E-state index contributed by atoms with van der Waals surface area (Å²) >= 11 is 12.6. The summed E-state index contributed by atoms with van der Waals surface area (Å²) in [5, 5.41) is 6.21. The number of rotatable bonds is 14. The first-order chi connectivity index (χ1) is 14.3. The first-order valence-electron chi connectivity index (χ1n) is 10.6. The minimum atomic E-state index is -0.614. The van der Waals surface area contributed by atoms with Gasteiger partial charge in [-0.05, 0) is 39.1 Å². The summed E-state index contributed by atoms with van der Waals surface area (Å²) in [5.74, 6) is -0.205. The molecule has 170 valence electrons. The van der Waals surface area contributed by atoms with Crippen LogP contribution in [0.3, 0.4) is 0 Å². The molecule has 0 radical (unpaired) electrons. The van der Waals surface area contributed by atoms with Crippen molar-refractivity contribution >= 4 is 35.0 Å². The van der Waals surface area contributed by atoms with Gasteiger partial charge < -0.3 is 20.3 Å². The molecular weight excluding hydrogens is 425 g/mol. The number of hydrogen-bond acceptors (Lipinski definition) is 4. The summed E-state index contributed by atoms with van der Waals surface area (Å²) in [7, 11) is 3.87. The van der Waals surface area contributed by atoms with Crippen LogP contribution in [0.1, 0.15) is 62.7 Å². The lowest BCUT2D eigenvalue weighted by molar-refractivity contribution is -0.123. The first kappa shape index (κ1) is 26.5. The third kappa shape index (κ3) is 9.54. The van der Waals surface area contributed by atoms with E-state index in [0.717, 1.165) is 38.6 Å². The van der Waals surface area contributed by atoms with Crippen LogP contribution < -0.4 is 15.4 Å². The number of carbonyl (C=O) groups is 2. The van der Waals surface area contributed by atoms with Gasteiger partial charge in [-0.3, -0.25) is 9.59 Å². The topological polar surface area (TPSA) is 70.7 Å². The molecule has 0 bridgehead atoms. The van der Waals surface area contributed by atoms with E-state index in [4.69, 9.17) is 27.9 Å². The fraction of sp³-hybridized carbons (Fsp3) is 0.636. The van der Waals surface area contributed by atoms with Crippen molar-refractivity contribution in [3.63, 3.8) is 0 Å². The molecule has 0 saturated heterocycles. The molecule has 0 unspecified atom stereocenters. The second-order valence-electron chi connectivity index (χ2n) is 7.59. The minimum Gasteiger partial charge on any atom is -0.490 e. The highest BCUT2D eigenvalue weighted by Crippen LogP contribution is 2.34. The molecule has 0 heterocycles. The van der Waals surface area contributed by atoms with E-state index in [9.17, 15) is 9.59 Å². The molecule has 0 saturated carbocycles. The Kier molecular flexibility index (Phi) is 12.8. The van der Waals surface area contributed by atoms with Crippen molar-refractivity contribution in [1.29, 1.82) is 0 Å². The number of nitrogens with zero attached hydrogens (tertiary/aromatic N) is 1. The van der Waals surface area contributed by atoms with Crippen molar-refractivity contribution in [1.82, 2.24) is 15.5 Å². The van der Waals surface area contributed by atoms with Gasteiger partial charge in [0.25, 0.3) is 5.91 Å².